The third-order valence-electron chi connectivity index (χ3n) is 5.47. The van der Waals surface area contributed by atoms with Crippen molar-refractivity contribution < 1.29 is 23.9 Å². The summed E-state index contributed by atoms with van der Waals surface area (Å²) in [6.45, 7) is 0.0776. The van der Waals surface area contributed by atoms with Gasteiger partial charge in [0.25, 0.3) is 0 Å². The maximum Gasteiger partial charge on any atom is 0.408 e. The minimum absolute atomic E-state index is 0.0776. The number of rotatable bonds is 11. The Balaban J connectivity index is 1.67. The van der Waals surface area contributed by atoms with Gasteiger partial charge in [0, 0.05) is 6.42 Å². The van der Waals surface area contributed by atoms with E-state index >= 15 is 0 Å². The molecular formula is C28H30N2O5. The lowest BCUT2D eigenvalue weighted by molar-refractivity contribution is -0.145. The van der Waals surface area contributed by atoms with Gasteiger partial charge in [-0.3, -0.25) is 4.79 Å². The summed E-state index contributed by atoms with van der Waals surface area (Å²) in [6, 6.07) is 26.5. The molecule has 182 valence electrons. The Kier molecular flexibility index (Phi) is 9.87. The monoisotopic (exact) mass is 474 g/mol. The minimum atomic E-state index is -0.940. The van der Waals surface area contributed by atoms with E-state index < -0.39 is 30.1 Å². The first-order valence-electron chi connectivity index (χ1n) is 11.5. The average Bonchev–Trinajstić information content (AvgIpc) is 2.90. The van der Waals surface area contributed by atoms with Crippen molar-refractivity contribution in [3.63, 3.8) is 0 Å². The summed E-state index contributed by atoms with van der Waals surface area (Å²) in [5, 5.41) is 5.40. The van der Waals surface area contributed by atoms with Crippen LogP contribution >= 0.6 is 0 Å². The van der Waals surface area contributed by atoms with Crippen LogP contribution in [-0.2, 0) is 38.5 Å². The Morgan fingerprint density at radius 2 is 1.26 bits per heavy atom. The van der Waals surface area contributed by atoms with Crippen molar-refractivity contribution >= 4 is 18.0 Å². The van der Waals surface area contributed by atoms with Crippen LogP contribution in [0.5, 0.6) is 0 Å². The molecule has 0 bridgehead atoms. The van der Waals surface area contributed by atoms with Crippen LogP contribution in [0.25, 0.3) is 0 Å². The lowest BCUT2D eigenvalue weighted by atomic mass is 10.0. The summed E-state index contributed by atoms with van der Waals surface area (Å²) in [5.74, 6) is -1.03. The molecular weight excluding hydrogens is 444 g/mol. The van der Waals surface area contributed by atoms with E-state index in [4.69, 9.17) is 9.47 Å². The van der Waals surface area contributed by atoms with Crippen molar-refractivity contribution in [2.45, 2.75) is 38.0 Å². The summed E-state index contributed by atoms with van der Waals surface area (Å²) >= 11 is 0. The normalized spacial score (nSPS) is 12.1. The molecule has 2 amide bonds. The lowest BCUT2D eigenvalue weighted by Gasteiger charge is -2.22. The number of nitrogens with one attached hydrogen (secondary N) is 2. The molecule has 0 unspecified atom stereocenters. The molecule has 2 N–H and O–H groups in total. The van der Waals surface area contributed by atoms with Gasteiger partial charge in [-0.1, -0.05) is 91.0 Å². The van der Waals surface area contributed by atoms with Crippen molar-refractivity contribution in [1.29, 1.82) is 0 Å². The number of ether oxygens (including phenoxy) is 2. The van der Waals surface area contributed by atoms with Crippen LogP contribution < -0.4 is 10.6 Å². The van der Waals surface area contributed by atoms with E-state index in [1.54, 1.807) is 0 Å². The summed E-state index contributed by atoms with van der Waals surface area (Å²) < 4.78 is 10.2. The van der Waals surface area contributed by atoms with Gasteiger partial charge in [-0.15, -0.1) is 0 Å². The van der Waals surface area contributed by atoms with E-state index in [1.165, 1.54) is 7.11 Å². The molecule has 7 heteroatoms. The highest BCUT2D eigenvalue weighted by Gasteiger charge is 2.28. The number of hydrogen-bond acceptors (Lipinski definition) is 5. The fraction of sp³-hybridized carbons (Fsp3) is 0.250. The maximum absolute atomic E-state index is 13.2. The van der Waals surface area contributed by atoms with E-state index in [1.807, 2.05) is 91.0 Å². The molecule has 0 saturated carbocycles. The molecule has 3 aromatic rings. The topological polar surface area (TPSA) is 93.7 Å². The third kappa shape index (κ3) is 8.62. The molecule has 0 radical (unpaired) electrons. The number of methoxy groups -OCH3 is 1. The lowest BCUT2D eigenvalue weighted by Crippen LogP contribution is -2.52. The number of amides is 2. The first-order chi connectivity index (χ1) is 17.0. The largest absolute Gasteiger partial charge is 0.467 e. The van der Waals surface area contributed by atoms with Gasteiger partial charge in [-0.2, -0.15) is 0 Å². The van der Waals surface area contributed by atoms with Crippen molar-refractivity contribution in [2.75, 3.05) is 7.11 Å². The summed E-state index contributed by atoms with van der Waals surface area (Å²) in [5.41, 5.74) is 2.73. The molecule has 0 saturated heterocycles. The molecule has 0 aliphatic rings. The second-order valence-corrected chi connectivity index (χ2v) is 8.06. The quantitative estimate of drug-likeness (QED) is 0.412. The van der Waals surface area contributed by atoms with Gasteiger partial charge in [0.1, 0.15) is 18.7 Å². The first kappa shape index (κ1) is 25.5. The highest BCUT2D eigenvalue weighted by molar-refractivity contribution is 5.89. The third-order valence-corrected chi connectivity index (χ3v) is 5.47. The van der Waals surface area contributed by atoms with Crippen LogP contribution in [0.15, 0.2) is 91.0 Å². The zero-order chi connectivity index (χ0) is 24.9. The van der Waals surface area contributed by atoms with Crippen molar-refractivity contribution in [3.8, 4) is 0 Å². The number of alkyl carbamates (subject to hydrolysis) is 1. The van der Waals surface area contributed by atoms with Gasteiger partial charge in [-0.25, -0.2) is 9.59 Å². The molecule has 7 nitrogen and oxygen atoms in total. The minimum Gasteiger partial charge on any atom is -0.467 e. The van der Waals surface area contributed by atoms with Gasteiger partial charge in [0.15, 0.2) is 0 Å². The molecule has 0 heterocycles. The van der Waals surface area contributed by atoms with E-state index in [0.717, 1.165) is 16.7 Å². The fourth-order valence-corrected chi connectivity index (χ4v) is 3.59. The fourth-order valence-electron chi connectivity index (χ4n) is 3.59. The Morgan fingerprint density at radius 1 is 0.714 bits per heavy atom. The Hall–Kier alpha value is -4.13. The number of hydrogen-bond donors (Lipinski definition) is 2. The van der Waals surface area contributed by atoms with Gasteiger partial charge in [0.05, 0.1) is 7.11 Å². The van der Waals surface area contributed by atoms with Gasteiger partial charge in [-0.05, 0) is 29.5 Å². The number of benzene rings is 3. The van der Waals surface area contributed by atoms with Gasteiger partial charge < -0.3 is 20.1 Å². The van der Waals surface area contributed by atoms with Crippen LogP contribution in [0, 0.1) is 0 Å². The van der Waals surface area contributed by atoms with E-state index in [2.05, 4.69) is 10.6 Å². The first-order valence-corrected chi connectivity index (χ1v) is 11.5. The van der Waals surface area contributed by atoms with Crippen LogP contribution in [0.2, 0.25) is 0 Å². The van der Waals surface area contributed by atoms with E-state index in [0.29, 0.717) is 12.8 Å². The number of esters is 1. The molecule has 0 aliphatic heterocycles. The number of aryl methyl sites for hydroxylation is 1. The van der Waals surface area contributed by atoms with Crippen LogP contribution in [0.3, 0.4) is 0 Å². The van der Waals surface area contributed by atoms with Crippen LogP contribution in [-0.4, -0.2) is 37.2 Å². The second-order valence-electron chi connectivity index (χ2n) is 8.06. The molecule has 3 aromatic carbocycles. The smallest absolute Gasteiger partial charge is 0.408 e. The van der Waals surface area contributed by atoms with Gasteiger partial charge >= 0.3 is 12.1 Å². The molecule has 0 aliphatic carbocycles. The summed E-state index contributed by atoms with van der Waals surface area (Å²) in [7, 11) is 1.28. The Labute approximate surface area is 205 Å². The molecule has 0 fully saturated rings. The zero-order valence-corrected chi connectivity index (χ0v) is 19.7. The molecule has 0 aromatic heterocycles. The molecule has 3 rings (SSSR count). The van der Waals surface area contributed by atoms with E-state index in [9.17, 15) is 14.4 Å². The predicted molar refractivity (Wildman–Crippen MR) is 132 cm³/mol. The average molecular weight is 475 g/mol. The molecule has 0 spiro atoms. The van der Waals surface area contributed by atoms with Crippen LogP contribution in [0.4, 0.5) is 4.79 Å². The Bertz CT molecular complexity index is 1070. The van der Waals surface area contributed by atoms with Crippen molar-refractivity contribution in [1.82, 2.24) is 10.6 Å². The standard InChI is InChI=1S/C28H30N2O5/c1-34-27(32)24(18-17-21-11-5-2-6-12-21)29-26(31)25(19-22-13-7-3-8-14-22)30-28(33)35-20-23-15-9-4-10-16-23/h2-16,24-25H,17-20H2,1H3,(H,29,31)(H,30,33)/t24-,25+/m1/s1. The summed E-state index contributed by atoms with van der Waals surface area (Å²) in [6.07, 6.45) is 0.457. The van der Waals surface area contributed by atoms with Crippen LogP contribution in [0.1, 0.15) is 23.1 Å². The van der Waals surface area contributed by atoms with Crippen molar-refractivity contribution in [2.24, 2.45) is 0 Å². The molecule has 2 atom stereocenters. The SMILES string of the molecule is COC(=O)[C@@H](CCc1ccccc1)NC(=O)[C@H](Cc1ccccc1)NC(=O)OCc1ccccc1. The Morgan fingerprint density at radius 3 is 1.83 bits per heavy atom. The summed E-state index contributed by atoms with van der Waals surface area (Å²) in [4.78, 5) is 38.1. The van der Waals surface area contributed by atoms with Gasteiger partial charge in [0.2, 0.25) is 5.91 Å². The highest BCUT2D eigenvalue weighted by atomic mass is 16.5. The molecule has 35 heavy (non-hydrogen) atoms. The number of carbonyl (C=O) groups excluding carboxylic acids is 3. The van der Waals surface area contributed by atoms with E-state index in [-0.39, 0.29) is 13.0 Å². The van der Waals surface area contributed by atoms with Crippen molar-refractivity contribution in [3.05, 3.63) is 108 Å². The number of carbonyl (C=O) groups is 3. The predicted octanol–water partition coefficient (Wildman–Crippen LogP) is 3.81. The zero-order valence-electron chi connectivity index (χ0n) is 19.7. The highest BCUT2D eigenvalue weighted by Crippen LogP contribution is 2.09. The second kappa shape index (κ2) is 13.5. The maximum atomic E-state index is 13.2.